The van der Waals surface area contributed by atoms with Gasteiger partial charge in [0, 0.05) is 17.5 Å². The van der Waals surface area contributed by atoms with Crippen molar-refractivity contribution >= 4 is 33.0 Å². The van der Waals surface area contributed by atoms with Gasteiger partial charge in [-0.25, -0.2) is 8.42 Å². The van der Waals surface area contributed by atoms with Crippen LogP contribution in [0.2, 0.25) is 5.02 Å². The molecule has 0 aliphatic heterocycles. The molecule has 0 fully saturated rings. The lowest BCUT2D eigenvalue weighted by atomic mass is 10.1. The van der Waals surface area contributed by atoms with Crippen LogP contribution in [0, 0.1) is 0 Å². The molecule has 128 valence electrons. The summed E-state index contributed by atoms with van der Waals surface area (Å²) in [5, 5.41) is 3.13. The first-order chi connectivity index (χ1) is 11.3. The zero-order valence-electron chi connectivity index (χ0n) is 13.4. The van der Waals surface area contributed by atoms with Gasteiger partial charge in [-0.05, 0) is 42.8 Å². The molecule has 7 heteroatoms. The Hall–Kier alpha value is -2.05. The van der Waals surface area contributed by atoms with E-state index in [2.05, 4.69) is 5.32 Å². The van der Waals surface area contributed by atoms with Gasteiger partial charge in [-0.3, -0.25) is 4.79 Å². The Morgan fingerprint density at radius 3 is 2.58 bits per heavy atom. The summed E-state index contributed by atoms with van der Waals surface area (Å²) in [6.45, 7) is 2.36. The van der Waals surface area contributed by atoms with E-state index in [0.29, 0.717) is 34.2 Å². The molecule has 0 saturated carbocycles. The van der Waals surface area contributed by atoms with Crippen LogP contribution in [0.1, 0.15) is 22.8 Å². The predicted octanol–water partition coefficient (Wildman–Crippen LogP) is 3.54. The molecule has 0 heterocycles. The smallest absolute Gasteiger partial charge is 0.255 e. The van der Waals surface area contributed by atoms with Gasteiger partial charge in [0.25, 0.3) is 5.91 Å². The minimum Gasteiger partial charge on any atom is -0.492 e. The van der Waals surface area contributed by atoms with Crippen molar-refractivity contribution in [2.24, 2.45) is 0 Å². The van der Waals surface area contributed by atoms with Gasteiger partial charge in [0.2, 0.25) is 0 Å². The SMILES string of the molecule is CCOc1ccc(NC(=O)c2cccc(CS(C)(=O)=O)c2)cc1Cl. The number of benzene rings is 2. The number of carbonyl (C=O) groups excluding carboxylic acids is 1. The minimum atomic E-state index is -3.16. The Bertz CT molecular complexity index is 849. The number of sulfone groups is 1. The molecular weight excluding hydrogens is 350 g/mol. The van der Waals surface area contributed by atoms with E-state index in [1.807, 2.05) is 6.92 Å². The van der Waals surface area contributed by atoms with Crippen molar-refractivity contribution < 1.29 is 17.9 Å². The summed E-state index contributed by atoms with van der Waals surface area (Å²) in [6.07, 6.45) is 1.15. The molecule has 0 bridgehead atoms. The maximum Gasteiger partial charge on any atom is 0.255 e. The molecule has 1 N–H and O–H groups in total. The lowest BCUT2D eigenvalue weighted by Gasteiger charge is -2.10. The Morgan fingerprint density at radius 1 is 1.21 bits per heavy atom. The molecule has 0 aromatic heterocycles. The molecule has 1 amide bonds. The van der Waals surface area contributed by atoms with Crippen LogP contribution in [0.15, 0.2) is 42.5 Å². The third-order valence-electron chi connectivity index (χ3n) is 3.11. The quantitative estimate of drug-likeness (QED) is 0.847. The van der Waals surface area contributed by atoms with Crippen LogP contribution in [0.4, 0.5) is 5.69 Å². The van der Waals surface area contributed by atoms with Crippen LogP contribution in [0.5, 0.6) is 5.75 Å². The number of hydrogen-bond donors (Lipinski definition) is 1. The fraction of sp³-hybridized carbons (Fsp3) is 0.235. The largest absolute Gasteiger partial charge is 0.492 e. The van der Waals surface area contributed by atoms with Crippen LogP contribution in [-0.2, 0) is 15.6 Å². The van der Waals surface area contributed by atoms with E-state index in [0.717, 1.165) is 6.26 Å². The highest BCUT2D eigenvalue weighted by Gasteiger charge is 2.11. The van der Waals surface area contributed by atoms with Crippen LogP contribution >= 0.6 is 11.6 Å². The van der Waals surface area contributed by atoms with E-state index in [-0.39, 0.29) is 11.7 Å². The molecule has 0 unspecified atom stereocenters. The molecule has 2 aromatic carbocycles. The van der Waals surface area contributed by atoms with Crippen molar-refractivity contribution in [1.82, 2.24) is 0 Å². The van der Waals surface area contributed by atoms with Crippen LogP contribution in [-0.4, -0.2) is 27.2 Å². The van der Waals surface area contributed by atoms with Gasteiger partial charge >= 0.3 is 0 Å². The second kappa shape index (κ2) is 7.68. The molecule has 0 radical (unpaired) electrons. The van der Waals surface area contributed by atoms with Crippen LogP contribution in [0.3, 0.4) is 0 Å². The summed E-state index contributed by atoms with van der Waals surface area (Å²) in [6, 6.07) is 11.5. The van der Waals surface area contributed by atoms with Gasteiger partial charge in [-0.1, -0.05) is 23.7 Å². The van der Waals surface area contributed by atoms with Crippen LogP contribution < -0.4 is 10.1 Å². The molecule has 0 atom stereocenters. The minimum absolute atomic E-state index is 0.108. The van der Waals surface area contributed by atoms with Gasteiger partial charge in [-0.2, -0.15) is 0 Å². The number of hydrogen-bond acceptors (Lipinski definition) is 4. The second-order valence-corrected chi connectivity index (χ2v) is 7.85. The fourth-order valence-electron chi connectivity index (χ4n) is 2.16. The second-order valence-electron chi connectivity index (χ2n) is 5.30. The summed E-state index contributed by atoms with van der Waals surface area (Å²) in [5.41, 5.74) is 1.47. The van der Waals surface area contributed by atoms with Gasteiger partial charge in [0.05, 0.1) is 17.4 Å². The Balaban J connectivity index is 2.15. The summed E-state index contributed by atoms with van der Waals surface area (Å²) < 4.78 is 28.1. The van der Waals surface area contributed by atoms with Gasteiger partial charge in [-0.15, -0.1) is 0 Å². The van der Waals surface area contributed by atoms with Crippen LogP contribution in [0.25, 0.3) is 0 Å². The van der Waals surface area contributed by atoms with Crippen molar-refractivity contribution in [1.29, 1.82) is 0 Å². The lowest BCUT2D eigenvalue weighted by Crippen LogP contribution is -2.12. The average molecular weight is 368 g/mol. The normalized spacial score (nSPS) is 11.1. The molecule has 0 saturated heterocycles. The molecule has 0 spiro atoms. The zero-order valence-corrected chi connectivity index (χ0v) is 14.9. The van der Waals surface area contributed by atoms with E-state index in [1.165, 1.54) is 0 Å². The van der Waals surface area contributed by atoms with Gasteiger partial charge < -0.3 is 10.1 Å². The third kappa shape index (κ3) is 5.25. The van der Waals surface area contributed by atoms with E-state index in [1.54, 1.807) is 42.5 Å². The van der Waals surface area contributed by atoms with Gasteiger partial charge in [0.15, 0.2) is 9.84 Å². The number of amides is 1. The van der Waals surface area contributed by atoms with Crippen molar-refractivity contribution in [3.05, 3.63) is 58.6 Å². The molecule has 0 aliphatic carbocycles. The summed E-state index contributed by atoms with van der Waals surface area (Å²) in [7, 11) is -3.16. The first-order valence-corrected chi connectivity index (χ1v) is 9.72. The Kier molecular flexibility index (Phi) is 5.85. The highest BCUT2D eigenvalue weighted by atomic mass is 35.5. The number of halogens is 1. The number of anilines is 1. The van der Waals surface area contributed by atoms with Crippen molar-refractivity contribution in [3.63, 3.8) is 0 Å². The van der Waals surface area contributed by atoms with Crippen molar-refractivity contribution in [2.45, 2.75) is 12.7 Å². The first kappa shape index (κ1) is 18.3. The fourth-order valence-corrected chi connectivity index (χ4v) is 3.18. The highest BCUT2D eigenvalue weighted by Crippen LogP contribution is 2.27. The number of rotatable bonds is 6. The molecule has 0 aliphatic rings. The lowest BCUT2D eigenvalue weighted by molar-refractivity contribution is 0.102. The molecule has 5 nitrogen and oxygen atoms in total. The maximum absolute atomic E-state index is 12.3. The van der Waals surface area contributed by atoms with Crippen molar-refractivity contribution in [3.8, 4) is 5.75 Å². The maximum atomic E-state index is 12.3. The van der Waals surface area contributed by atoms with Crippen molar-refractivity contribution in [2.75, 3.05) is 18.2 Å². The molecular formula is C17H18ClNO4S. The number of carbonyl (C=O) groups is 1. The van der Waals surface area contributed by atoms with E-state index < -0.39 is 9.84 Å². The predicted molar refractivity (Wildman–Crippen MR) is 95.6 cm³/mol. The van der Waals surface area contributed by atoms with Gasteiger partial charge in [0.1, 0.15) is 5.75 Å². The average Bonchev–Trinajstić information content (AvgIpc) is 2.48. The highest BCUT2D eigenvalue weighted by molar-refractivity contribution is 7.89. The number of nitrogens with one attached hydrogen (secondary N) is 1. The Morgan fingerprint density at radius 2 is 1.96 bits per heavy atom. The first-order valence-electron chi connectivity index (χ1n) is 7.29. The Labute approximate surface area is 146 Å². The van der Waals surface area contributed by atoms with E-state index in [9.17, 15) is 13.2 Å². The third-order valence-corrected chi connectivity index (χ3v) is 4.26. The molecule has 2 rings (SSSR count). The topological polar surface area (TPSA) is 72.5 Å². The summed E-state index contributed by atoms with van der Waals surface area (Å²) in [5.74, 6) is 0.0982. The summed E-state index contributed by atoms with van der Waals surface area (Å²) in [4.78, 5) is 12.3. The monoisotopic (exact) mass is 367 g/mol. The standard InChI is InChI=1S/C17H18ClNO4S/c1-3-23-16-8-7-14(10-15(16)18)19-17(20)13-6-4-5-12(9-13)11-24(2,21)22/h4-10H,3,11H2,1-2H3,(H,19,20). The number of ether oxygens (including phenoxy) is 1. The molecule has 2 aromatic rings. The van der Waals surface area contributed by atoms with E-state index >= 15 is 0 Å². The zero-order chi connectivity index (χ0) is 17.7. The van der Waals surface area contributed by atoms with E-state index in [4.69, 9.17) is 16.3 Å². The molecule has 24 heavy (non-hydrogen) atoms. The summed E-state index contributed by atoms with van der Waals surface area (Å²) >= 11 is 6.09.